The van der Waals surface area contributed by atoms with Gasteiger partial charge in [-0.3, -0.25) is 0 Å². The summed E-state index contributed by atoms with van der Waals surface area (Å²) >= 11 is 0. The van der Waals surface area contributed by atoms with Crippen LogP contribution in [0.1, 0.15) is 64.7 Å². The van der Waals surface area contributed by atoms with Gasteiger partial charge in [0.2, 0.25) is 0 Å². The highest BCUT2D eigenvalue weighted by atomic mass is 16.3. The molecule has 0 spiro atoms. The van der Waals surface area contributed by atoms with Crippen LogP contribution >= 0.6 is 0 Å². The largest absolute Gasteiger partial charge is 0.396 e. The zero-order valence-electron chi connectivity index (χ0n) is 10.2. The standard InChI is InChI=1S/C14H26O/c1-2-3-4-5-6-7-14(11-15)9-12-8-13(12)10-14/h12-13,15H,2-11H2,1H3. The van der Waals surface area contributed by atoms with E-state index >= 15 is 0 Å². The minimum Gasteiger partial charge on any atom is -0.396 e. The number of rotatable bonds is 7. The van der Waals surface area contributed by atoms with Gasteiger partial charge in [-0.25, -0.2) is 0 Å². The molecule has 0 amide bonds. The van der Waals surface area contributed by atoms with E-state index in [1.54, 1.807) is 0 Å². The topological polar surface area (TPSA) is 20.2 Å². The average molecular weight is 210 g/mol. The highest BCUT2D eigenvalue weighted by Crippen LogP contribution is 2.61. The molecule has 2 aliphatic rings. The number of aliphatic hydroxyl groups excluding tert-OH is 1. The van der Waals surface area contributed by atoms with E-state index in [0.717, 1.165) is 11.8 Å². The summed E-state index contributed by atoms with van der Waals surface area (Å²) in [6.07, 6.45) is 12.3. The Morgan fingerprint density at radius 2 is 1.73 bits per heavy atom. The SMILES string of the molecule is CCCCCCCC1(CO)CC2CC2C1. The van der Waals surface area contributed by atoms with E-state index < -0.39 is 0 Å². The molecule has 1 heteroatoms. The van der Waals surface area contributed by atoms with Gasteiger partial charge in [-0.15, -0.1) is 0 Å². The van der Waals surface area contributed by atoms with Gasteiger partial charge in [0.05, 0.1) is 0 Å². The monoisotopic (exact) mass is 210 g/mol. The van der Waals surface area contributed by atoms with Crippen molar-refractivity contribution in [3.05, 3.63) is 0 Å². The Hall–Kier alpha value is -0.0400. The van der Waals surface area contributed by atoms with Gasteiger partial charge in [0.1, 0.15) is 0 Å². The highest BCUT2D eigenvalue weighted by Gasteiger charge is 2.52. The lowest BCUT2D eigenvalue weighted by molar-refractivity contribution is 0.104. The maximum Gasteiger partial charge on any atom is 0.0487 e. The van der Waals surface area contributed by atoms with Crippen molar-refractivity contribution in [2.45, 2.75) is 64.7 Å². The molecule has 2 rings (SSSR count). The van der Waals surface area contributed by atoms with E-state index in [4.69, 9.17) is 0 Å². The number of hydrogen-bond donors (Lipinski definition) is 1. The van der Waals surface area contributed by atoms with Crippen molar-refractivity contribution in [2.75, 3.05) is 6.61 Å². The van der Waals surface area contributed by atoms with Crippen LogP contribution in [0.5, 0.6) is 0 Å². The van der Waals surface area contributed by atoms with E-state index in [-0.39, 0.29) is 0 Å². The van der Waals surface area contributed by atoms with Crippen LogP contribution in [0.25, 0.3) is 0 Å². The van der Waals surface area contributed by atoms with Crippen LogP contribution in [0.15, 0.2) is 0 Å². The minimum absolute atomic E-state index is 0.361. The van der Waals surface area contributed by atoms with Crippen molar-refractivity contribution in [1.29, 1.82) is 0 Å². The van der Waals surface area contributed by atoms with Crippen molar-refractivity contribution in [3.8, 4) is 0 Å². The molecule has 0 heterocycles. The first kappa shape index (κ1) is 11.4. The maximum atomic E-state index is 9.56. The van der Waals surface area contributed by atoms with E-state index in [1.165, 1.54) is 57.8 Å². The Balaban J connectivity index is 1.63. The molecule has 15 heavy (non-hydrogen) atoms. The molecule has 2 atom stereocenters. The molecule has 1 nitrogen and oxygen atoms in total. The Kier molecular flexibility index (Phi) is 3.71. The van der Waals surface area contributed by atoms with Crippen molar-refractivity contribution in [3.63, 3.8) is 0 Å². The fourth-order valence-corrected chi connectivity index (χ4v) is 3.52. The van der Waals surface area contributed by atoms with Crippen molar-refractivity contribution in [1.82, 2.24) is 0 Å². The van der Waals surface area contributed by atoms with Crippen LogP contribution in [0.4, 0.5) is 0 Å². The van der Waals surface area contributed by atoms with Gasteiger partial charge in [0.15, 0.2) is 0 Å². The van der Waals surface area contributed by atoms with E-state index in [2.05, 4.69) is 6.92 Å². The molecular weight excluding hydrogens is 184 g/mol. The van der Waals surface area contributed by atoms with Gasteiger partial charge >= 0.3 is 0 Å². The molecule has 2 fully saturated rings. The summed E-state index contributed by atoms with van der Waals surface area (Å²) in [6.45, 7) is 2.72. The molecule has 0 aromatic carbocycles. The first-order valence-electron chi connectivity index (χ1n) is 6.90. The summed E-state index contributed by atoms with van der Waals surface area (Å²) < 4.78 is 0. The van der Waals surface area contributed by atoms with E-state index in [1.807, 2.05) is 0 Å². The lowest BCUT2D eigenvalue weighted by atomic mass is 9.79. The molecule has 88 valence electrons. The number of aliphatic hydroxyl groups is 1. The summed E-state index contributed by atoms with van der Waals surface area (Å²) in [6, 6.07) is 0. The van der Waals surface area contributed by atoms with Crippen molar-refractivity contribution >= 4 is 0 Å². The lowest BCUT2D eigenvalue weighted by Crippen LogP contribution is -2.23. The zero-order valence-corrected chi connectivity index (χ0v) is 10.2. The number of fused-ring (bicyclic) bond motifs is 1. The summed E-state index contributed by atoms with van der Waals surface area (Å²) in [4.78, 5) is 0. The molecule has 0 aromatic heterocycles. The summed E-state index contributed by atoms with van der Waals surface area (Å²) in [5.74, 6) is 2.01. The van der Waals surface area contributed by atoms with Gasteiger partial charge in [-0.2, -0.15) is 0 Å². The fourth-order valence-electron chi connectivity index (χ4n) is 3.52. The highest BCUT2D eigenvalue weighted by molar-refractivity contribution is 5.02. The molecule has 2 unspecified atom stereocenters. The maximum absolute atomic E-state index is 9.56. The smallest absolute Gasteiger partial charge is 0.0487 e. The average Bonchev–Trinajstić information content (AvgIpc) is 2.87. The van der Waals surface area contributed by atoms with Gasteiger partial charge in [-0.1, -0.05) is 39.0 Å². The molecule has 2 aliphatic carbocycles. The quantitative estimate of drug-likeness (QED) is 0.634. The third-order valence-corrected chi connectivity index (χ3v) is 4.61. The van der Waals surface area contributed by atoms with Gasteiger partial charge in [-0.05, 0) is 42.9 Å². The van der Waals surface area contributed by atoms with E-state index in [0.29, 0.717) is 12.0 Å². The van der Waals surface area contributed by atoms with Crippen LogP contribution in [-0.4, -0.2) is 11.7 Å². The Morgan fingerprint density at radius 1 is 1.07 bits per heavy atom. The zero-order chi connectivity index (χ0) is 10.7. The van der Waals surface area contributed by atoms with Crippen LogP contribution in [0.3, 0.4) is 0 Å². The fraction of sp³-hybridized carbons (Fsp3) is 1.00. The minimum atomic E-state index is 0.361. The lowest BCUT2D eigenvalue weighted by Gasteiger charge is -2.28. The number of hydrogen-bond acceptors (Lipinski definition) is 1. The third-order valence-electron chi connectivity index (χ3n) is 4.61. The second-order valence-corrected chi connectivity index (χ2v) is 5.99. The molecule has 2 saturated carbocycles. The molecule has 0 radical (unpaired) electrons. The molecule has 0 bridgehead atoms. The van der Waals surface area contributed by atoms with Crippen molar-refractivity contribution < 1.29 is 5.11 Å². The second kappa shape index (κ2) is 4.86. The summed E-state index contributed by atoms with van der Waals surface area (Å²) in [5, 5.41) is 9.56. The van der Waals surface area contributed by atoms with Crippen LogP contribution in [0.2, 0.25) is 0 Å². The first-order chi connectivity index (χ1) is 7.29. The second-order valence-electron chi connectivity index (χ2n) is 5.99. The molecule has 0 saturated heterocycles. The molecule has 1 N–H and O–H groups in total. The Morgan fingerprint density at radius 3 is 2.33 bits per heavy atom. The summed E-state index contributed by atoms with van der Waals surface area (Å²) in [7, 11) is 0. The molecular formula is C14H26O. The Bertz CT molecular complexity index is 190. The third kappa shape index (κ3) is 2.75. The van der Waals surface area contributed by atoms with E-state index in [9.17, 15) is 5.11 Å². The Labute approximate surface area is 94.3 Å². The van der Waals surface area contributed by atoms with Crippen LogP contribution in [-0.2, 0) is 0 Å². The van der Waals surface area contributed by atoms with Crippen LogP contribution < -0.4 is 0 Å². The predicted octanol–water partition coefficient (Wildman–Crippen LogP) is 3.76. The molecule has 0 aromatic rings. The van der Waals surface area contributed by atoms with Crippen LogP contribution in [0, 0.1) is 17.3 Å². The van der Waals surface area contributed by atoms with Gasteiger partial charge < -0.3 is 5.11 Å². The first-order valence-corrected chi connectivity index (χ1v) is 6.90. The molecule has 0 aliphatic heterocycles. The predicted molar refractivity (Wildman–Crippen MR) is 63.7 cm³/mol. The van der Waals surface area contributed by atoms with Crippen molar-refractivity contribution in [2.24, 2.45) is 17.3 Å². The van der Waals surface area contributed by atoms with Gasteiger partial charge in [0.25, 0.3) is 0 Å². The van der Waals surface area contributed by atoms with Gasteiger partial charge in [0, 0.05) is 6.61 Å². The number of unbranched alkanes of at least 4 members (excludes halogenated alkanes) is 4. The normalized spacial score (nSPS) is 38.0. The summed E-state index contributed by atoms with van der Waals surface area (Å²) in [5.41, 5.74) is 0.361.